The lowest BCUT2D eigenvalue weighted by atomic mass is 10.0. The Kier molecular flexibility index (Phi) is 6.31. The zero-order chi connectivity index (χ0) is 18.4. The standard InChI is InChI=1S/C20H24N2O3/c1-14(13-23)15(2)21-19(24)16-8-7-9-17(12-16)20(25)22(3)18-10-5-4-6-11-18/h4-12,14-15,23H,13H2,1-3H3,(H,21,24). The monoisotopic (exact) mass is 340 g/mol. The van der Waals surface area contributed by atoms with E-state index in [0.717, 1.165) is 5.69 Å². The van der Waals surface area contributed by atoms with Crippen LogP contribution >= 0.6 is 0 Å². The lowest BCUT2D eigenvalue weighted by Crippen LogP contribution is -2.38. The second-order valence-corrected chi connectivity index (χ2v) is 6.20. The predicted octanol–water partition coefficient (Wildman–Crippen LogP) is 2.71. The Hall–Kier alpha value is -2.66. The quantitative estimate of drug-likeness (QED) is 0.849. The van der Waals surface area contributed by atoms with Crippen LogP contribution in [0.5, 0.6) is 0 Å². The number of nitrogens with one attached hydrogen (secondary N) is 1. The molecule has 0 aliphatic carbocycles. The van der Waals surface area contributed by atoms with E-state index in [1.807, 2.05) is 44.2 Å². The van der Waals surface area contributed by atoms with E-state index in [-0.39, 0.29) is 30.4 Å². The van der Waals surface area contributed by atoms with Crippen molar-refractivity contribution < 1.29 is 14.7 Å². The van der Waals surface area contributed by atoms with Gasteiger partial charge >= 0.3 is 0 Å². The summed E-state index contributed by atoms with van der Waals surface area (Å²) >= 11 is 0. The van der Waals surface area contributed by atoms with Crippen LogP contribution < -0.4 is 10.2 Å². The van der Waals surface area contributed by atoms with Crippen LogP contribution in [0.4, 0.5) is 5.69 Å². The van der Waals surface area contributed by atoms with Crippen molar-refractivity contribution in [2.45, 2.75) is 19.9 Å². The number of nitrogens with zero attached hydrogens (tertiary/aromatic N) is 1. The van der Waals surface area contributed by atoms with E-state index in [2.05, 4.69) is 5.32 Å². The van der Waals surface area contributed by atoms with Gasteiger partial charge in [-0.15, -0.1) is 0 Å². The molecule has 0 aliphatic heterocycles. The molecule has 2 rings (SSSR count). The van der Waals surface area contributed by atoms with E-state index in [1.54, 1.807) is 36.2 Å². The third-order valence-corrected chi connectivity index (χ3v) is 4.32. The Morgan fingerprint density at radius 1 is 1.04 bits per heavy atom. The summed E-state index contributed by atoms with van der Waals surface area (Å²) in [6.07, 6.45) is 0. The lowest BCUT2D eigenvalue weighted by Gasteiger charge is -2.20. The van der Waals surface area contributed by atoms with Gasteiger partial charge in [0.1, 0.15) is 0 Å². The molecule has 0 bridgehead atoms. The second-order valence-electron chi connectivity index (χ2n) is 6.20. The lowest BCUT2D eigenvalue weighted by molar-refractivity contribution is 0.0916. The molecular weight excluding hydrogens is 316 g/mol. The Balaban J connectivity index is 2.15. The number of hydrogen-bond acceptors (Lipinski definition) is 3. The third kappa shape index (κ3) is 4.67. The summed E-state index contributed by atoms with van der Waals surface area (Å²) < 4.78 is 0. The van der Waals surface area contributed by atoms with Crippen molar-refractivity contribution in [1.82, 2.24) is 5.32 Å². The molecule has 0 spiro atoms. The van der Waals surface area contributed by atoms with Crippen molar-refractivity contribution in [3.05, 3.63) is 65.7 Å². The van der Waals surface area contributed by atoms with Crippen molar-refractivity contribution in [2.75, 3.05) is 18.6 Å². The van der Waals surface area contributed by atoms with Crippen molar-refractivity contribution in [3.63, 3.8) is 0 Å². The SMILES string of the molecule is CC(CO)C(C)NC(=O)c1cccc(C(=O)N(C)c2ccccc2)c1. The smallest absolute Gasteiger partial charge is 0.258 e. The van der Waals surface area contributed by atoms with Crippen molar-refractivity contribution in [1.29, 1.82) is 0 Å². The van der Waals surface area contributed by atoms with E-state index in [9.17, 15) is 14.7 Å². The molecule has 0 saturated heterocycles. The van der Waals surface area contributed by atoms with Gasteiger partial charge in [0.25, 0.3) is 11.8 Å². The first kappa shape index (κ1) is 18.7. The topological polar surface area (TPSA) is 69.6 Å². The Morgan fingerprint density at radius 2 is 1.68 bits per heavy atom. The first-order valence-electron chi connectivity index (χ1n) is 8.29. The Morgan fingerprint density at radius 3 is 2.32 bits per heavy atom. The minimum atomic E-state index is -0.259. The summed E-state index contributed by atoms with van der Waals surface area (Å²) in [6, 6.07) is 15.8. The first-order valence-corrected chi connectivity index (χ1v) is 8.29. The number of benzene rings is 2. The summed E-state index contributed by atoms with van der Waals surface area (Å²) in [4.78, 5) is 26.6. The number of rotatable bonds is 6. The highest BCUT2D eigenvalue weighted by atomic mass is 16.3. The highest BCUT2D eigenvalue weighted by Gasteiger charge is 2.18. The van der Waals surface area contributed by atoms with E-state index in [0.29, 0.717) is 11.1 Å². The first-order chi connectivity index (χ1) is 11.9. The fourth-order valence-electron chi connectivity index (χ4n) is 2.35. The summed E-state index contributed by atoms with van der Waals surface area (Å²) in [5.74, 6) is -0.486. The van der Waals surface area contributed by atoms with Crippen molar-refractivity contribution >= 4 is 17.5 Å². The van der Waals surface area contributed by atoms with E-state index in [4.69, 9.17) is 0 Å². The van der Waals surface area contributed by atoms with Crippen LogP contribution in [-0.4, -0.2) is 36.6 Å². The minimum Gasteiger partial charge on any atom is -0.396 e. The van der Waals surface area contributed by atoms with Gasteiger partial charge in [0.15, 0.2) is 0 Å². The number of carbonyl (C=O) groups is 2. The van der Waals surface area contributed by atoms with Crippen LogP contribution in [0.15, 0.2) is 54.6 Å². The van der Waals surface area contributed by atoms with Gasteiger partial charge in [0.05, 0.1) is 0 Å². The molecule has 25 heavy (non-hydrogen) atoms. The maximum absolute atomic E-state index is 12.7. The molecule has 2 unspecified atom stereocenters. The zero-order valence-electron chi connectivity index (χ0n) is 14.8. The Labute approximate surface area is 148 Å². The zero-order valence-corrected chi connectivity index (χ0v) is 14.8. The molecule has 0 aliphatic rings. The molecule has 0 radical (unpaired) electrons. The fraction of sp³-hybridized carbons (Fsp3) is 0.300. The van der Waals surface area contributed by atoms with E-state index in [1.165, 1.54) is 0 Å². The summed E-state index contributed by atoms with van der Waals surface area (Å²) in [5.41, 5.74) is 1.65. The molecule has 0 fully saturated rings. The number of amides is 2. The van der Waals surface area contributed by atoms with Crippen molar-refractivity contribution in [2.24, 2.45) is 5.92 Å². The minimum absolute atomic E-state index is 0.00183. The third-order valence-electron chi connectivity index (χ3n) is 4.32. The summed E-state index contributed by atoms with van der Waals surface area (Å²) in [5, 5.41) is 12.0. The van der Waals surface area contributed by atoms with E-state index < -0.39 is 0 Å². The molecular formula is C20H24N2O3. The van der Waals surface area contributed by atoms with Crippen molar-refractivity contribution in [3.8, 4) is 0 Å². The van der Waals surface area contributed by atoms with Crippen LogP contribution in [0.1, 0.15) is 34.6 Å². The number of hydrogen-bond donors (Lipinski definition) is 2. The molecule has 0 saturated carbocycles. The fourth-order valence-corrected chi connectivity index (χ4v) is 2.35. The van der Waals surface area contributed by atoms with Gasteiger partial charge < -0.3 is 15.3 Å². The second kappa shape index (κ2) is 8.44. The maximum atomic E-state index is 12.7. The number of aliphatic hydroxyl groups is 1. The highest BCUT2D eigenvalue weighted by molar-refractivity contribution is 6.07. The molecule has 2 aromatic carbocycles. The average molecular weight is 340 g/mol. The number of anilines is 1. The van der Waals surface area contributed by atoms with Gasteiger partial charge in [-0.2, -0.15) is 0 Å². The molecule has 0 heterocycles. The number of aliphatic hydroxyl groups excluding tert-OH is 1. The van der Waals surface area contributed by atoms with Crippen LogP contribution in [0.2, 0.25) is 0 Å². The van der Waals surface area contributed by atoms with Gasteiger partial charge in [0.2, 0.25) is 0 Å². The normalized spacial score (nSPS) is 13.0. The number of carbonyl (C=O) groups excluding carboxylic acids is 2. The molecule has 0 aromatic heterocycles. The van der Waals surface area contributed by atoms with Crippen LogP contribution in [0.25, 0.3) is 0 Å². The molecule has 2 amide bonds. The van der Waals surface area contributed by atoms with Gasteiger partial charge in [-0.3, -0.25) is 9.59 Å². The molecule has 5 heteroatoms. The largest absolute Gasteiger partial charge is 0.396 e. The number of para-hydroxylation sites is 1. The molecule has 5 nitrogen and oxygen atoms in total. The van der Waals surface area contributed by atoms with Gasteiger partial charge in [-0.05, 0) is 43.2 Å². The molecule has 2 aromatic rings. The summed E-state index contributed by atoms with van der Waals surface area (Å²) in [7, 11) is 1.70. The van der Waals surface area contributed by atoms with Gasteiger partial charge in [-0.25, -0.2) is 0 Å². The van der Waals surface area contributed by atoms with E-state index >= 15 is 0 Å². The molecule has 132 valence electrons. The predicted molar refractivity (Wildman–Crippen MR) is 98.8 cm³/mol. The average Bonchev–Trinajstić information content (AvgIpc) is 2.66. The van der Waals surface area contributed by atoms with Crippen LogP contribution in [0, 0.1) is 5.92 Å². The highest BCUT2D eigenvalue weighted by Crippen LogP contribution is 2.16. The molecule has 2 atom stereocenters. The molecule has 2 N–H and O–H groups in total. The maximum Gasteiger partial charge on any atom is 0.258 e. The van der Waals surface area contributed by atoms with Gasteiger partial charge in [-0.1, -0.05) is 31.2 Å². The van der Waals surface area contributed by atoms with Gasteiger partial charge in [0, 0.05) is 36.5 Å². The Bertz CT molecular complexity index is 731. The van der Waals surface area contributed by atoms with Crippen LogP contribution in [0.3, 0.4) is 0 Å². The summed E-state index contributed by atoms with van der Waals surface area (Å²) in [6.45, 7) is 3.71. The van der Waals surface area contributed by atoms with Crippen LogP contribution in [-0.2, 0) is 0 Å².